The maximum atomic E-state index is 6.43. The van der Waals surface area contributed by atoms with Crippen molar-refractivity contribution in [3.8, 4) is 0 Å². The van der Waals surface area contributed by atoms with Crippen molar-refractivity contribution in [1.82, 2.24) is 0 Å². The minimum atomic E-state index is 0.382. The van der Waals surface area contributed by atoms with Gasteiger partial charge in [0.15, 0.2) is 0 Å². The predicted octanol–water partition coefficient (Wildman–Crippen LogP) is 2.95. The van der Waals surface area contributed by atoms with E-state index in [-0.39, 0.29) is 0 Å². The lowest BCUT2D eigenvalue weighted by Crippen LogP contribution is -2.52. The van der Waals surface area contributed by atoms with Gasteiger partial charge in [-0.15, -0.1) is 0 Å². The first-order chi connectivity index (χ1) is 9.29. The number of nitrogens with two attached hydrogens (primary N) is 1. The van der Waals surface area contributed by atoms with Gasteiger partial charge < -0.3 is 15.4 Å². The Hall–Kier alpha value is -0.770. The van der Waals surface area contributed by atoms with Crippen LogP contribution >= 0.6 is 11.6 Å². The number of benzene rings is 1. The van der Waals surface area contributed by atoms with Crippen LogP contribution in [0.3, 0.4) is 0 Å². The van der Waals surface area contributed by atoms with E-state index in [0.29, 0.717) is 18.7 Å². The lowest BCUT2D eigenvalue weighted by atomic mass is 9.89. The number of hydrogen-bond acceptors (Lipinski definition) is 3. The third-order valence-electron chi connectivity index (χ3n) is 4.29. The lowest BCUT2D eigenvalue weighted by Gasteiger charge is -2.45. The topological polar surface area (TPSA) is 38.5 Å². The van der Waals surface area contributed by atoms with E-state index >= 15 is 0 Å². The first-order valence-corrected chi connectivity index (χ1v) is 7.54. The maximum Gasteiger partial charge on any atom is 0.0779 e. The molecule has 0 aromatic heterocycles. The van der Waals surface area contributed by atoms with Gasteiger partial charge in [-0.2, -0.15) is 0 Å². The molecule has 0 spiro atoms. The molecule has 1 saturated carbocycles. The molecule has 3 rings (SSSR count). The van der Waals surface area contributed by atoms with Gasteiger partial charge in [0.25, 0.3) is 0 Å². The highest BCUT2D eigenvalue weighted by Gasteiger charge is 2.34. The Bertz CT molecular complexity index is 450. The van der Waals surface area contributed by atoms with E-state index in [1.807, 2.05) is 6.07 Å². The molecular formula is C15H21ClN2O. The first-order valence-electron chi connectivity index (χ1n) is 7.16. The molecule has 2 unspecified atom stereocenters. The highest BCUT2D eigenvalue weighted by Crippen LogP contribution is 2.35. The van der Waals surface area contributed by atoms with Crippen LogP contribution in [0.1, 0.15) is 31.2 Å². The number of fused-ring (bicyclic) bond motifs is 1. The molecule has 2 N–H and O–H groups in total. The number of ether oxygens (including phenoxy) is 1. The zero-order valence-corrected chi connectivity index (χ0v) is 11.9. The number of halogens is 1. The third-order valence-corrected chi connectivity index (χ3v) is 4.59. The van der Waals surface area contributed by atoms with Gasteiger partial charge in [-0.1, -0.05) is 30.5 Å². The smallest absolute Gasteiger partial charge is 0.0779 e. The average Bonchev–Trinajstić information content (AvgIpc) is 2.46. The van der Waals surface area contributed by atoms with Crippen LogP contribution < -0.4 is 10.6 Å². The van der Waals surface area contributed by atoms with E-state index in [9.17, 15) is 0 Å². The fourth-order valence-electron chi connectivity index (χ4n) is 3.31. The summed E-state index contributed by atoms with van der Waals surface area (Å²) >= 11 is 6.43. The van der Waals surface area contributed by atoms with Crippen molar-refractivity contribution in [3.05, 3.63) is 28.8 Å². The van der Waals surface area contributed by atoms with Crippen molar-refractivity contribution in [2.75, 3.05) is 18.1 Å². The SMILES string of the molecule is NCc1ccc(N2CCOC3CCCCC32)c(Cl)c1. The molecule has 0 radical (unpaired) electrons. The minimum Gasteiger partial charge on any atom is -0.374 e. The summed E-state index contributed by atoms with van der Waals surface area (Å²) in [7, 11) is 0. The summed E-state index contributed by atoms with van der Waals surface area (Å²) in [4.78, 5) is 2.44. The fraction of sp³-hybridized carbons (Fsp3) is 0.600. The zero-order valence-electron chi connectivity index (χ0n) is 11.1. The minimum absolute atomic E-state index is 0.382. The zero-order chi connectivity index (χ0) is 13.2. The quantitative estimate of drug-likeness (QED) is 0.905. The molecule has 2 aliphatic rings. The van der Waals surface area contributed by atoms with Crippen LogP contribution in [0.4, 0.5) is 5.69 Å². The van der Waals surface area contributed by atoms with Gasteiger partial charge in [-0.05, 0) is 30.5 Å². The van der Waals surface area contributed by atoms with Gasteiger partial charge in [0.2, 0.25) is 0 Å². The van der Waals surface area contributed by atoms with Gasteiger partial charge in [0, 0.05) is 13.1 Å². The van der Waals surface area contributed by atoms with Gasteiger partial charge in [0.05, 0.1) is 29.5 Å². The predicted molar refractivity (Wildman–Crippen MR) is 78.7 cm³/mol. The molecule has 3 nitrogen and oxygen atoms in total. The molecule has 2 fully saturated rings. The van der Waals surface area contributed by atoms with E-state index in [1.54, 1.807) is 0 Å². The molecule has 0 bridgehead atoms. The summed E-state index contributed by atoms with van der Waals surface area (Å²) in [5, 5.41) is 0.814. The number of rotatable bonds is 2. The van der Waals surface area contributed by atoms with E-state index < -0.39 is 0 Å². The van der Waals surface area contributed by atoms with Crippen LogP contribution in [0.15, 0.2) is 18.2 Å². The number of nitrogens with zero attached hydrogens (tertiary/aromatic N) is 1. The van der Waals surface area contributed by atoms with E-state index in [4.69, 9.17) is 22.1 Å². The number of anilines is 1. The Labute approximate surface area is 119 Å². The standard InChI is InChI=1S/C15H21ClN2O/c16-12-9-11(10-17)5-6-13(12)18-7-8-19-15-4-2-1-3-14(15)18/h5-6,9,14-15H,1-4,7-8,10,17H2. The Kier molecular flexibility index (Phi) is 3.96. The van der Waals surface area contributed by atoms with Crippen molar-refractivity contribution in [3.63, 3.8) is 0 Å². The lowest BCUT2D eigenvalue weighted by molar-refractivity contribution is -0.00866. The Morgan fingerprint density at radius 2 is 2.16 bits per heavy atom. The molecule has 1 aliphatic carbocycles. The van der Waals surface area contributed by atoms with Crippen LogP contribution in [-0.2, 0) is 11.3 Å². The molecule has 1 saturated heterocycles. The molecule has 1 aromatic carbocycles. The summed E-state index contributed by atoms with van der Waals surface area (Å²) in [5.41, 5.74) is 7.88. The largest absolute Gasteiger partial charge is 0.374 e. The summed E-state index contributed by atoms with van der Waals surface area (Å²) < 4.78 is 5.91. The van der Waals surface area contributed by atoms with Crippen LogP contribution in [-0.4, -0.2) is 25.3 Å². The molecule has 19 heavy (non-hydrogen) atoms. The molecular weight excluding hydrogens is 260 g/mol. The third kappa shape index (κ3) is 2.60. The monoisotopic (exact) mass is 280 g/mol. The second-order valence-corrected chi connectivity index (χ2v) is 5.85. The van der Waals surface area contributed by atoms with E-state index in [2.05, 4.69) is 17.0 Å². The second kappa shape index (κ2) is 5.70. The Morgan fingerprint density at radius 3 is 2.95 bits per heavy atom. The molecule has 1 heterocycles. The van der Waals surface area contributed by atoms with Crippen molar-refractivity contribution in [1.29, 1.82) is 0 Å². The van der Waals surface area contributed by atoms with Crippen LogP contribution in [0, 0.1) is 0 Å². The van der Waals surface area contributed by atoms with Crippen molar-refractivity contribution < 1.29 is 4.74 Å². The molecule has 1 aromatic rings. The summed E-state index contributed by atoms with van der Waals surface area (Å²) in [6.45, 7) is 2.27. The Balaban J connectivity index is 1.87. The highest BCUT2D eigenvalue weighted by molar-refractivity contribution is 6.33. The summed E-state index contributed by atoms with van der Waals surface area (Å²) in [6.07, 6.45) is 5.35. The van der Waals surface area contributed by atoms with Gasteiger partial charge in [-0.3, -0.25) is 0 Å². The van der Waals surface area contributed by atoms with Crippen LogP contribution in [0.25, 0.3) is 0 Å². The van der Waals surface area contributed by atoms with Crippen molar-refractivity contribution in [2.24, 2.45) is 5.73 Å². The fourth-order valence-corrected chi connectivity index (χ4v) is 3.62. The molecule has 1 aliphatic heterocycles. The molecule has 2 atom stereocenters. The maximum absolute atomic E-state index is 6.43. The summed E-state index contributed by atoms with van der Waals surface area (Å²) in [5.74, 6) is 0. The van der Waals surface area contributed by atoms with Gasteiger partial charge in [0.1, 0.15) is 0 Å². The average molecular weight is 281 g/mol. The summed E-state index contributed by atoms with van der Waals surface area (Å²) in [6, 6.07) is 6.67. The molecule has 0 amide bonds. The van der Waals surface area contributed by atoms with E-state index in [0.717, 1.165) is 29.4 Å². The molecule has 104 valence electrons. The Morgan fingerprint density at radius 1 is 1.32 bits per heavy atom. The van der Waals surface area contributed by atoms with Gasteiger partial charge >= 0.3 is 0 Å². The number of morpholine rings is 1. The molecule has 4 heteroatoms. The normalized spacial score (nSPS) is 27.2. The van der Waals surface area contributed by atoms with Crippen molar-refractivity contribution >= 4 is 17.3 Å². The second-order valence-electron chi connectivity index (χ2n) is 5.44. The highest BCUT2D eigenvalue weighted by atomic mass is 35.5. The van der Waals surface area contributed by atoms with Gasteiger partial charge in [-0.25, -0.2) is 0 Å². The van der Waals surface area contributed by atoms with Crippen molar-refractivity contribution in [2.45, 2.75) is 44.4 Å². The number of hydrogen-bond donors (Lipinski definition) is 1. The van der Waals surface area contributed by atoms with E-state index in [1.165, 1.54) is 25.7 Å². The van der Waals surface area contributed by atoms with Crippen LogP contribution in [0.5, 0.6) is 0 Å². The van der Waals surface area contributed by atoms with Crippen LogP contribution in [0.2, 0.25) is 5.02 Å². The first kappa shape index (κ1) is 13.2.